The van der Waals surface area contributed by atoms with Crippen molar-refractivity contribution in [3.63, 3.8) is 0 Å². The van der Waals surface area contributed by atoms with Gasteiger partial charge in [-0.05, 0) is 167 Å². The van der Waals surface area contributed by atoms with Crippen LogP contribution in [0.15, 0.2) is 164 Å². The van der Waals surface area contributed by atoms with E-state index in [4.69, 9.17) is 0 Å². The highest BCUT2D eigenvalue weighted by atomic mass is 32.1. The average Bonchev–Trinajstić information content (AvgIpc) is 3.87. The van der Waals surface area contributed by atoms with Crippen molar-refractivity contribution in [1.82, 2.24) is 0 Å². The number of hydrogen-bond acceptors (Lipinski definition) is 4. The summed E-state index contributed by atoms with van der Waals surface area (Å²) in [6.07, 6.45) is 10.7. The lowest BCUT2D eigenvalue weighted by molar-refractivity contribution is 0.195. The molecule has 3 aliphatic heterocycles. The van der Waals surface area contributed by atoms with Crippen LogP contribution in [0.2, 0.25) is 0 Å². The molecule has 2 aliphatic carbocycles. The van der Waals surface area contributed by atoms with Crippen LogP contribution in [0.3, 0.4) is 0 Å². The van der Waals surface area contributed by atoms with Crippen molar-refractivity contribution in [2.45, 2.75) is 128 Å². The first-order valence-corrected chi connectivity index (χ1v) is 28.3. The van der Waals surface area contributed by atoms with Gasteiger partial charge in [0.1, 0.15) is 0 Å². The molecule has 0 radical (unpaired) electrons. The van der Waals surface area contributed by atoms with Gasteiger partial charge in [-0.3, -0.25) is 0 Å². The third-order valence-corrected chi connectivity index (χ3v) is 20.1. The fourth-order valence-electron chi connectivity index (χ4n) is 14.7. The van der Waals surface area contributed by atoms with E-state index in [2.05, 4.69) is 227 Å². The topological polar surface area (TPSA) is 9.72 Å². The highest BCUT2D eigenvalue weighted by Crippen LogP contribution is 2.63. The first-order valence-electron chi connectivity index (χ1n) is 27.4. The molecule has 1 saturated carbocycles. The summed E-state index contributed by atoms with van der Waals surface area (Å²) < 4.78 is 2.76. The number of aryl methyl sites for hydroxylation is 1. The average molecular weight is 968 g/mol. The molecule has 3 nitrogen and oxygen atoms in total. The molecule has 0 bridgehead atoms. The molecule has 5 heteroatoms. The Labute approximate surface area is 437 Å². The third-order valence-electron chi connectivity index (χ3n) is 19.0. The molecule has 4 heterocycles. The molecule has 73 heavy (non-hydrogen) atoms. The quantitative estimate of drug-likeness (QED) is 0.141. The Morgan fingerprint density at radius 3 is 1.88 bits per heavy atom. The van der Waals surface area contributed by atoms with Crippen LogP contribution < -0.4 is 25.5 Å². The van der Waals surface area contributed by atoms with Gasteiger partial charge in [-0.15, -0.1) is 11.3 Å². The van der Waals surface area contributed by atoms with Gasteiger partial charge >= 0.3 is 6.85 Å². The van der Waals surface area contributed by atoms with Crippen LogP contribution in [0.1, 0.15) is 122 Å². The number of hydrogen-bond donors (Lipinski definition) is 0. The lowest BCUT2D eigenvalue weighted by Gasteiger charge is -2.53. The summed E-state index contributed by atoms with van der Waals surface area (Å²) in [4.78, 5) is 8.26. The summed E-state index contributed by atoms with van der Waals surface area (Å²) in [7, 11) is 0. The van der Waals surface area contributed by atoms with Crippen molar-refractivity contribution >= 4 is 89.1 Å². The second-order valence-electron chi connectivity index (χ2n) is 24.1. The van der Waals surface area contributed by atoms with E-state index in [0.29, 0.717) is 0 Å². The lowest BCUT2D eigenvalue weighted by Crippen LogP contribution is -2.64. The Morgan fingerprint density at radius 1 is 0.534 bits per heavy atom. The number of anilines is 7. The van der Waals surface area contributed by atoms with E-state index >= 15 is 0 Å². The van der Waals surface area contributed by atoms with Gasteiger partial charge in [0, 0.05) is 76.5 Å². The second kappa shape index (κ2) is 16.2. The fraction of sp³-hybridized carbons (Fsp3) is 0.294. The van der Waals surface area contributed by atoms with Crippen LogP contribution in [-0.4, -0.2) is 12.4 Å². The highest BCUT2D eigenvalue weighted by molar-refractivity contribution is 7.25. The number of rotatable bonds is 8. The molecule has 0 saturated heterocycles. The molecule has 8 aromatic carbocycles. The molecule has 9 aromatic rings. The van der Waals surface area contributed by atoms with Crippen molar-refractivity contribution < 1.29 is 0 Å². The molecule has 362 valence electrons. The highest BCUT2D eigenvalue weighted by Gasteiger charge is 2.62. The van der Waals surface area contributed by atoms with Gasteiger partial charge in [0.15, 0.2) is 0 Å². The first kappa shape index (κ1) is 45.1. The summed E-state index contributed by atoms with van der Waals surface area (Å²) in [5.41, 5.74) is 23.2. The van der Waals surface area contributed by atoms with E-state index in [1.54, 1.807) is 5.56 Å². The summed E-state index contributed by atoms with van der Waals surface area (Å²) in [6, 6.07) is 63.6. The normalized spacial score (nSPS) is 20.6. The molecule has 0 spiro atoms. The monoisotopic (exact) mass is 968 g/mol. The first-order chi connectivity index (χ1) is 35.4. The van der Waals surface area contributed by atoms with Gasteiger partial charge in [-0.25, -0.2) is 0 Å². The largest absolute Gasteiger partial charge is 0.376 e. The molecule has 0 amide bonds. The minimum absolute atomic E-state index is 0.0187. The number of fused-ring (bicyclic) bond motifs is 11. The van der Waals surface area contributed by atoms with Crippen molar-refractivity contribution in [3.05, 3.63) is 186 Å². The molecular weight excluding hydrogens is 902 g/mol. The summed E-state index contributed by atoms with van der Waals surface area (Å²) in [5.74, 6) is 0. The maximum Gasteiger partial charge on any atom is 0.333 e. The lowest BCUT2D eigenvalue weighted by atomic mass is 9.43. The number of benzene rings is 8. The van der Waals surface area contributed by atoms with Crippen LogP contribution in [-0.2, 0) is 22.7 Å². The van der Waals surface area contributed by atoms with Crippen LogP contribution in [0.5, 0.6) is 0 Å². The maximum atomic E-state index is 2.92. The summed E-state index contributed by atoms with van der Waals surface area (Å²) >= 11 is 1.99. The Bertz CT molecular complexity index is 3650. The molecule has 1 aromatic heterocycles. The van der Waals surface area contributed by atoms with Crippen LogP contribution in [0.4, 0.5) is 39.8 Å². The Hall–Kier alpha value is -6.56. The van der Waals surface area contributed by atoms with E-state index < -0.39 is 0 Å². The van der Waals surface area contributed by atoms with E-state index in [-0.39, 0.29) is 28.6 Å². The number of para-hydroxylation sites is 3. The number of unbranched alkanes of at least 4 members (excludes halogenated alkanes) is 1. The third kappa shape index (κ3) is 6.49. The Kier molecular flexibility index (Phi) is 10.0. The zero-order chi connectivity index (χ0) is 49.6. The minimum atomic E-state index is -0.115. The van der Waals surface area contributed by atoms with E-state index in [1.807, 2.05) is 11.3 Å². The van der Waals surface area contributed by atoms with E-state index in [9.17, 15) is 0 Å². The van der Waals surface area contributed by atoms with Gasteiger partial charge in [0.25, 0.3) is 0 Å². The molecule has 5 aliphatic rings. The molecule has 2 atom stereocenters. The van der Waals surface area contributed by atoms with E-state index in [0.717, 1.165) is 24.2 Å². The zero-order valence-corrected chi connectivity index (χ0v) is 44.6. The van der Waals surface area contributed by atoms with Gasteiger partial charge in [0.05, 0.1) is 5.54 Å². The SMILES string of the molecule is CCCCc1cc2c3c(c1)C1(C)CCCCC1(C)N3c1cc(N(c3ccccc3)c3ccccc3)cc3c1B2N(c1ccccc1-c1ccccc1)c1cc2c(cc1-3)sc1cc3c(cc12)C(C)(C)CCC3(C)C. The van der Waals surface area contributed by atoms with Crippen LogP contribution in [0.25, 0.3) is 42.4 Å². The predicted octanol–water partition coefficient (Wildman–Crippen LogP) is 17.9. The van der Waals surface area contributed by atoms with Crippen LogP contribution >= 0.6 is 11.3 Å². The van der Waals surface area contributed by atoms with Crippen molar-refractivity contribution in [3.8, 4) is 22.3 Å². The maximum absolute atomic E-state index is 2.92. The van der Waals surface area contributed by atoms with Gasteiger partial charge in [0.2, 0.25) is 0 Å². The predicted molar refractivity (Wildman–Crippen MR) is 315 cm³/mol. The zero-order valence-electron chi connectivity index (χ0n) is 43.8. The van der Waals surface area contributed by atoms with E-state index in [1.165, 1.54) is 143 Å². The number of thiophene rings is 1. The Morgan fingerprint density at radius 2 is 1.16 bits per heavy atom. The Balaban J connectivity index is 1.14. The van der Waals surface area contributed by atoms with Crippen molar-refractivity contribution in [2.24, 2.45) is 0 Å². The minimum Gasteiger partial charge on any atom is -0.376 e. The molecule has 1 fully saturated rings. The molecule has 14 rings (SSSR count). The van der Waals surface area contributed by atoms with Crippen molar-refractivity contribution in [2.75, 3.05) is 14.6 Å². The number of nitrogens with zero attached hydrogens (tertiary/aromatic N) is 3. The second-order valence-corrected chi connectivity index (χ2v) is 25.1. The summed E-state index contributed by atoms with van der Waals surface area (Å²) in [6.45, 7) is 17.4. The van der Waals surface area contributed by atoms with Crippen LogP contribution in [0, 0.1) is 0 Å². The summed E-state index contributed by atoms with van der Waals surface area (Å²) in [5, 5.41) is 2.76. The van der Waals surface area contributed by atoms with Gasteiger partial charge in [-0.2, -0.15) is 0 Å². The smallest absolute Gasteiger partial charge is 0.333 e. The molecular formula is C68H66BN3S. The molecule has 2 unspecified atom stereocenters. The standard InChI is InChI=1S/C68H66BN3S/c1-8-9-23-44-36-56-64-57(37-44)69-63-53(38-48(39-60(63)71(64)68(7)33-22-21-32-67(56,68)6)70(46-26-15-11-16-27-46)47-28-17-12-18-29-47)50-42-61-52(51-40-54-55(43-62(51)73-61)66(4,5)35-34-65(54,2)3)41-59(50)72(69)58-31-20-19-30-49(58)45-24-13-10-14-25-45/h10-20,24-31,36-43H,8-9,21-23,32-35H2,1-7H3. The van der Waals surface area contributed by atoms with Gasteiger partial charge in [-0.1, -0.05) is 158 Å². The fourth-order valence-corrected chi connectivity index (χ4v) is 15.9. The van der Waals surface area contributed by atoms with Crippen molar-refractivity contribution in [1.29, 1.82) is 0 Å². The van der Waals surface area contributed by atoms with Gasteiger partial charge < -0.3 is 14.6 Å². The molecule has 0 N–H and O–H groups in total.